The van der Waals surface area contributed by atoms with Crippen molar-refractivity contribution < 1.29 is 9.21 Å². The lowest BCUT2D eigenvalue weighted by atomic mass is 10.2. The molecule has 0 aliphatic carbocycles. The molecule has 2 rings (SSSR count). The lowest BCUT2D eigenvalue weighted by Gasteiger charge is -2.23. The summed E-state index contributed by atoms with van der Waals surface area (Å²) >= 11 is 5.21. The molecule has 120 valence electrons. The van der Waals surface area contributed by atoms with Crippen LogP contribution in [0.5, 0.6) is 0 Å². The molecule has 0 aliphatic rings. The molecule has 2 aromatic rings. The normalized spacial score (nSPS) is 11.1. The van der Waals surface area contributed by atoms with Gasteiger partial charge in [0.25, 0.3) is 5.91 Å². The van der Waals surface area contributed by atoms with Crippen molar-refractivity contribution in [3.8, 4) is 0 Å². The molecule has 0 spiro atoms. The number of furan rings is 1. The first kappa shape index (κ1) is 16.9. The molecule has 5 nitrogen and oxygen atoms in total. The molecule has 1 heterocycles. The molecular formula is C17H19N3O2S. The van der Waals surface area contributed by atoms with E-state index in [9.17, 15) is 4.79 Å². The third-order valence-electron chi connectivity index (χ3n) is 3.27. The van der Waals surface area contributed by atoms with E-state index in [2.05, 4.69) is 15.2 Å². The summed E-state index contributed by atoms with van der Waals surface area (Å²) in [6, 6.07) is 13.0. The van der Waals surface area contributed by atoms with Crippen molar-refractivity contribution in [2.75, 3.05) is 13.1 Å². The molecule has 0 atom stereocenters. The number of aliphatic imine (C=N–C) groups is 1. The third kappa shape index (κ3) is 4.50. The van der Waals surface area contributed by atoms with Gasteiger partial charge in [0.15, 0.2) is 5.76 Å². The number of benzene rings is 1. The van der Waals surface area contributed by atoms with Crippen LogP contribution in [-0.2, 0) is 0 Å². The van der Waals surface area contributed by atoms with Crippen LogP contribution in [0.15, 0.2) is 58.1 Å². The summed E-state index contributed by atoms with van der Waals surface area (Å²) < 4.78 is 5.05. The standard InChI is InChI=1S/C17H19N3O2S/c1-3-20(4-2)15(13-9-6-5-7-10-13)18-17(23)19-16(21)14-11-8-12-22-14/h5-12H,3-4H2,1-2H3,(H,19,21,23)/b18-15+. The quantitative estimate of drug-likeness (QED) is 0.532. The van der Waals surface area contributed by atoms with Crippen molar-refractivity contribution in [3.63, 3.8) is 0 Å². The van der Waals surface area contributed by atoms with Crippen LogP contribution in [0.1, 0.15) is 30.0 Å². The van der Waals surface area contributed by atoms with E-state index in [1.165, 1.54) is 6.26 Å². The fourth-order valence-corrected chi connectivity index (χ4v) is 2.30. The average molecular weight is 329 g/mol. The Labute approximate surface area is 141 Å². The summed E-state index contributed by atoms with van der Waals surface area (Å²) in [4.78, 5) is 18.5. The van der Waals surface area contributed by atoms with Gasteiger partial charge >= 0.3 is 0 Å². The first-order valence-electron chi connectivity index (χ1n) is 7.43. The van der Waals surface area contributed by atoms with E-state index in [0.29, 0.717) is 0 Å². The van der Waals surface area contributed by atoms with Crippen LogP contribution in [0, 0.1) is 0 Å². The molecule has 0 radical (unpaired) electrons. The van der Waals surface area contributed by atoms with E-state index in [1.807, 2.05) is 44.2 Å². The van der Waals surface area contributed by atoms with E-state index in [1.54, 1.807) is 12.1 Å². The third-order valence-corrected chi connectivity index (χ3v) is 3.46. The van der Waals surface area contributed by atoms with Crippen molar-refractivity contribution in [1.82, 2.24) is 10.2 Å². The van der Waals surface area contributed by atoms with Gasteiger partial charge in [-0.25, -0.2) is 4.99 Å². The molecule has 1 N–H and O–H groups in total. The van der Waals surface area contributed by atoms with Crippen molar-refractivity contribution >= 4 is 29.1 Å². The summed E-state index contributed by atoms with van der Waals surface area (Å²) in [5, 5.41) is 2.68. The van der Waals surface area contributed by atoms with E-state index in [-0.39, 0.29) is 10.9 Å². The topological polar surface area (TPSA) is 57.8 Å². The minimum Gasteiger partial charge on any atom is -0.459 e. The molecule has 1 amide bonds. The number of thiocarbonyl (C=S) groups is 1. The number of nitrogens with zero attached hydrogens (tertiary/aromatic N) is 2. The van der Waals surface area contributed by atoms with Crippen molar-refractivity contribution in [2.45, 2.75) is 13.8 Å². The van der Waals surface area contributed by atoms with Crippen LogP contribution in [0.25, 0.3) is 0 Å². The van der Waals surface area contributed by atoms with Crippen molar-refractivity contribution in [3.05, 3.63) is 60.1 Å². The molecular weight excluding hydrogens is 310 g/mol. The molecule has 1 aromatic heterocycles. The zero-order chi connectivity index (χ0) is 16.7. The Balaban J connectivity index is 2.22. The molecule has 0 aliphatic heterocycles. The lowest BCUT2D eigenvalue weighted by Crippen LogP contribution is -2.35. The zero-order valence-electron chi connectivity index (χ0n) is 13.2. The smallest absolute Gasteiger partial charge is 0.293 e. The summed E-state index contributed by atoms with van der Waals surface area (Å²) in [6.07, 6.45) is 1.44. The highest BCUT2D eigenvalue weighted by atomic mass is 32.1. The number of nitrogens with one attached hydrogen (secondary N) is 1. The number of amidine groups is 1. The number of hydrogen-bond donors (Lipinski definition) is 1. The fourth-order valence-electron chi connectivity index (χ4n) is 2.12. The highest BCUT2D eigenvalue weighted by Crippen LogP contribution is 2.07. The number of carbonyl (C=O) groups excluding carboxylic acids is 1. The Kier molecular flexibility index (Phi) is 6.05. The monoisotopic (exact) mass is 329 g/mol. The first-order chi connectivity index (χ1) is 11.2. The van der Waals surface area contributed by atoms with Gasteiger partial charge < -0.3 is 9.32 Å². The molecule has 23 heavy (non-hydrogen) atoms. The highest BCUT2D eigenvalue weighted by Gasteiger charge is 2.14. The Morgan fingerprint density at radius 1 is 1.17 bits per heavy atom. The number of hydrogen-bond acceptors (Lipinski definition) is 3. The van der Waals surface area contributed by atoms with E-state index >= 15 is 0 Å². The van der Waals surface area contributed by atoms with E-state index < -0.39 is 5.91 Å². The second-order valence-electron chi connectivity index (χ2n) is 4.71. The maximum Gasteiger partial charge on any atom is 0.293 e. The van der Waals surface area contributed by atoms with Gasteiger partial charge in [-0.3, -0.25) is 10.1 Å². The first-order valence-corrected chi connectivity index (χ1v) is 7.84. The predicted molar refractivity (Wildman–Crippen MR) is 94.7 cm³/mol. The Morgan fingerprint density at radius 3 is 2.43 bits per heavy atom. The molecule has 0 unspecified atom stereocenters. The summed E-state index contributed by atoms with van der Waals surface area (Å²) in [5.41, 5.74) is 0.950. The van der Waals surface area contributed by atoms with Crippen LogP contribution >= 0.6 is 12.2 Å². The summed E-state index contributed by atoms with van der Waals surface area (Å²) in [6.45, 7) is 5.68. The summed E-state index contributed by atoms with van der Waals surface area (Å²) in [7, 11) is 0. The highest BCUT2D eigenvalue weighted by molar-refractivity contribution is 7.80. The van der Waals surface area contributed by atoms with E-state index in [0.717, 1.165) is 24.5 Å². The predicted octanol–water partition coefficient (Wildman–Crippen LogP) is 3.08. The van der Waals surface area contributed by atoms with Gasteiger partial charge in [-0.1, -0.05) is 30.3 Å². The second kappa shape index (κ2) is 8.24. The molecule has 0 bridgehead atoms. The molecule has 0 saturated carbocycles. The largest absolute Gasteiger partial charge is 0.459 e. The van der Waals surface area contributed by atoms with Gasteiger partial charge in [0, 0.05) is 18.7 Å². The number of rotatable bonds is 4. The van der Waals surface area contributed by atoms with Gasteiger partial charge in [0.2, 0.25) is 5.11 Å². The Hall–Kier alpha value is -2.47. The van der Waals surface area contributed by atoms with Crippen molar-refractivity contribution in [2.24, 2.45) is 4.99 Å². The van der Waals surface area contributed by atoms with Crippen molar-refractivity contribution in [1.29, 1.82) is 0 Å². The van der Waals surface area contributed by atoms with Gasteiger partial charge in [0.05, 0.1) is 6.26 Å². The number of carbonyl (C=O) groups is 1. The second-order valence-corrected chi connectivity index (χ2v) is 5.10. The minimum atomic E-state index is -0.407. The zero-order valence-corrected chi connectivity index (χ0v) is 14.0. The lowest BCUT2D eigenvalue weighted by molar-refractivity contribution is 0.0950. The maximum atomic E-state index is 12.0. The van der Waals surface area contributed by atoms with Crippen LogP contribution in [0.4, 0.5) is 0 Å². The maximum absolute atomic E-state index is 12.0. The summed E-state index contributed by atoms with van der Waals surface area (Å²) in [5.74, 6) is 0.530. The number of amides is 1. The molecule has 0 saturated heterocycles. The van der Waals surface area contributed by atoms with Gasteiger partial charge in [-0.05, 0) is 38.2 Å². The van der Waals surface area contributed by atoms with Crippen LogP contribution in [0.3, 0.4) is 0 Å². The molecule has 1 aromatic carbocycles. The average Bonchev–Trinajstić information content (AvgIpc) is 3.10. The van der Waals surface area contributed by atoms with Gasteiger partial charge in [0.1, 0.15) is 5.84 Å². The fraction of sp³-hybridized carbons (Fsp3) is 0.235. The van der Waals surface area contributed by atoms with Crippen LogP contribution < -0.4 is 5.32 Å². The van der Waals surface area contributed by atoms with Gasteiger partial charge in [-0.2, -0.15) is 0 Å². The van der Waals surface area contributed by atoms with E-state index in [4.69, 9.17) is 16.6 Å². The molecule has 6 heteroatoms. The van der Waals surface area contributed by atoms with Crippen LogP contribution in [0.2, 0.25) is 0 Å². The Bertz CT molecular complexity index is 677. The minimum absolute atomic E-state index is 0.108. The Morgan fingerprint density at radius 2 is 1.87 bits per heavy atom. The van der Waals surface area contributed by atoms with Crippen LogP contribution in [-0.4, -0.2) is 34.8 Å². The SMILES string of the molecule is CCN(CC)/C(=N/C(=S)NC(=O)c1ccco1)c1ccccc1. The van der Waals surface area contributed by atoms with Gasteiger partial charge in [-0.15, -0.1) is 0 Å². The molecule has 0 fully saturated rings.